The van der Waals surface area contributed by atoms with Crippen LogP contribution in [-0.2, 0) is 45.2 Å². The second kappa shape index (κ2) is 15.2. The van der Waals surface area contributed by atoms with Gasteiger partial charge in [0.1, 0.15) is 35.4 Å². The molecule has 6 nitrogen and oxygen atoms in total. The molecule has 5 aromatic carbocycles. The first-order chi connectivity index (χ1) is 23.7. The summed E-state index contributed by atoms with van der Waals surface area (Å²) in [5.74, 6) is 1.59. The van der Waals surface area contributed by atoms with Gasteiger partial charge in [-0.2, -0.15) is 0 Å². The minimum absolute atomic E-state index is 0.350. The van der Waals surface area contributed by atoms with Crippen molar-refractivity contribution in [3.8, 4) is 11.5 Å². The lowest BCUT2D eigenvalue weighted by Gasteiger charge is -2.46. The summed E-state index contributed by atoms with van der Waals surface area (Å²) in [6.45, 7) is 1.24. The molecule has 4 unspecified atom stereocenters. The number of rotatable bonds is 14. The van der Waals surface area contributed by atoms with Gasteiger partial charge in [0.25, 0.3) is 0 Å². The molecule has 2 fully saturated rings. The molecule has 6 heteroatoms. The maximum atomic E-state index is 6.94. The topological polar surface area (TPSA) is 55.4 Å². The van der Waals surface area contributed by atoms with Crippen LogP contribution in [0.4, 0.5) is 0 Å². The van der Waals surface area contributed by atoms with Gasteiger partial charge in [0.05, 0.1) is 26.9 Å². The van der Waals surface area contributed by atoms with Crippen LogP contribution in [0.1, 0.15) is 40.7 Å². The Morgan fingerprint density at radius 2 is 1.08 bits per heavy atom. The van der Waals surface area contributed by atoms with Gasteiger partial charge >= 0.3 is 0 Å². The Kier molecular flexibility index (Phi) is 10.2. The number of ether oxygens (including phenoxy) is 6. The Morgan fingerprint density at radius 3 is 1.65 bits per heavy atom. The van der Waals surface area contributed by atoms with Crippen LogP contribution >= 0.6 is 0 Å². The zero-order chi connectivity index (χ0) is 32.6. The highest BCUT2D eigenvalue weighted by atomic mass is 16.7. The first kappa shape index (κ1) is 32.1. The van der Waals surface area contributed by atoms with Gasteiger partial charge in [0, 0.05) is 6.42 Å². The molecule has 1 aliphatic carbocycles. The molecule has 1 heterocycles. The lowest BCUT2D eigenvalue weighted by atomic mass is 9.95. The van der Waals surface area contributed by atoms with E-state index in [0.29, 0.717) is 26.2 Å². The smallest absolute Gasteiger partial charge is 0.229 e. The zero-order valence-corrected chi connectivity index (χ0v) is 27.3. The highest BCUT2D eigenvalue weighted by Crippen LogP contribution is 2.51. The van der Waals surface area contributed by atoms with Gasteiger partial charge in [-0.05, 0) is 58.9 Å². The summed E-state index contributed by atoms with van der Waals surface area (Å²) in [5, 5.41) is 0. The quantitative estimate of drug-likeness (QED) is 0.121. The summed E-state index contributed by atoms with van der Waals surface area (Å²) >= 11 is 0. The van der Waals surface area contributed by atoms with Gasteiger partial charge in [-0.15, -0.1) is 0 Å². The molecule has 1 spiro atoms. The highest BCUT2D eigenvalue weighted by Gasteiger charge is 2.63. The Balaban J connectivity index is 1.20. The lowest BCUT2D eigenvalue weighted by molar-refractivity contribution is -0.313. The number of hydrogen-bond donors (Lipinski definition) is 0. The molecule has 0 radical (unpaired) electrons. The van der Waals surface area contributed by atoms with Gasteiger partial charge in [0.15, 0.2) is 0 Å². The predicted molar refractivity (Wildman–Crippen MR) is 185 cm³/mol. The summed E-state index contributed by atoms with van der Waals surface area (Å²) in [6, 6.07) is 46.9. The molecule has 4 atom stereocenters. The van der Waals surface area contributed by atoms with Crippen molar-refractivity contribution in [1.82, 2.24) is 0 Å². The molecule has 1 aliphatic heterocycles. The molecular weight excluding hydrogens is 600 g/mol. The third-order valence-corrected chi connectivity index (χ3v) is 9.11. The van der Waals surface area contributed by atoms with E-state index < -0.39 is 24.1 Å². The first-order valence-electron chi connectivity index (χ1n) is 16.7. The van der Waals surface area contributed by atoms with Crippen LogP contribution in [0, 0.1) is 0 Å². The Morgan fingerprint density at radius 1 is 0.562 bits per heavy atom. The average molecular weight is 643 g/mol. The predicted octanol–water partition coefficient (Wildman–Crippen LogP) is 8.31. The Hall–Kier alpha value is -4.46. The normalized spacial score (nSPS) is 21.1. The SMILES string of the molecule is COc1ccc(Cc2ccccc2OC2OC3(CC3)C(OCc3ccccc3)C(OCc3ccccc3)C2OCc2ccccc2)cc1. The maximum Gasteiger partial charge on any atom is 0.229 e. The summed E-state index contributed by atoms with van der Waals surface area (Å²) in [7, 11) is 1.68. The monoisotopic (exact) mass is 642 g/mol. The van der Waals surface area contributed by atoms with E-state index in [2.05, 4.69) is 54.6 Å². The lowest BCUT2D eigenvalue weighted by Crippen LogP contribution is -2.62. The minimum Gasteiger partial charge on any atom is -0.497 e. The number of hydrogen-bond acceptors (Lipinski definition) is 6. The van der Waals surface area contributed by atoms with Gasteiger partial charge < -0.3 is 28.4 Å². The van der Waals surface area contributed by atoms with Gasteiger partial charge in [-0.25, -0.2) is 0 Å². The number of methoxy groups -OCH3 is 1. The van der Waals surface area contributed by atoms with Crippen molar-refractivity contribution in [3.05, 3.63) is 167 Å². The van der Waals surface area contributed by atoms with Crippen molar-refractivity contribution in [2.45, 2.75) is 69.3 Å². The third kappa shape index (κ3) is 7.80. The second-order valence-corrected chi connectivity index (χ2v) is 12.5. The van der Waals surface area contributed by atoms with Crippen LogP contribution < -0.4 is 9.47 Å². The van der Waals surface area contributed by atoms with Crippen molar-refractivity contribution in [2.24, 2.45) is 0 Å². The van der Waals surface area contributed by atoms with Crippen molar-refractivity contribution in [2.75, 3.05) is 7.11 Å². The van der Waals surface area contributed by atoms with Gasteiger partial charge in [0.2, 0.25) is 6.29 Å². The standard InChI is InChI=1S/C42H42O6/c1-43-36-23-21-31(22-24-36)27-35-19-11-12-20-37(35)47-41-39(45-29-33-15-7-3-8-16-33)38(44-28-32-13-5-2-6-14-32)40(42(48-41)25-26-42)46-30-34-17-9-4-10-18-34/h2-24,38-41H,25-30H2,1H3. The molecule has 7 rings (SSSR count). The van der Waals surface area contributed by atoms with Gasteiger partial charge in [-0.3, -0.25) is 0 Å². The van der Waals surface area contributed by atoms with E-state index in [1.165, 1.54) is 0 Å². The molecule has 0 N–H and O–H groups in total. The fraction of sp³-hybridized carbons (Fsp3) is 0.286. The fourth-order valence-electron chi connectivity index (χ4n) is 6.36. The van der Waals surface area contributed by atoms with Crippen LogP contribution in [-0.4, -0.2) is 37.3 Å². The van der Waals surface area contributed by atoms with Crippen LogP contribution in [0.5, 0.6) is 11.5 Å². The largest absolute Gasteiger partial charge is 0.497 e. The maximum absolute atomic E-state index is 6.94. The molecular formula is C42H42O6. The summed E-state index contributed by atoms with van der Waals surface area (Å²) in [6.07, 6.45) is 0.321. The van der Waals surface area contributed by atoms with Crippen molar-refractivity contribution >= 4 is 0 Å². The molecule has 0 amide bonds. The summed E-state index contributed by atoms with van der Waals surface area (Å²) < 4.78 is 39.5. The van der Waals surface area contributed by atoms with E-state index >= 15 is 0 Å². The van der Waals surface area contributed by atoms with E-state index in [0.717, 1.165) is 52.2 Å². The summed E-state index contributed by atoms with van der Waals surface area (Å²) in [4.78, 5) is 0. The van der Waals surface area contributed by atoms with E-state index in [1.54, 1.807) is 7.11 Å². The molecule has 0 bridgehead atoms. The molecule has 1 saturated heterocycles. The third-order valence-electron chi connectivity index (χ3n) is 9.11. The highest BCUT2D eigenvalue weighted by molar-refractivity contribution is 5.39. The Bertz CT molecular complexity index is 1710. The molecule has 2 aliphatic rings. The van der Waals surface area contributed by atoms with E-state index in [9.17, 15) is 0 Å². The van der Waals surface area contributed by atoms with Gasteiger partial charge in [-0.1, -0.05) is 121 Å². The van der Waals surface area contributed by atoms with E-state index in [4.69, 9.17) is 28.4 Å². The van der Waals surface area contributed by atoms with E-state index in [1.807, 2.05) is 84.9 Å². The molecule has 0 aromatic heterocycles. The minimum atomic E-state index is -0.717. The first-order valence-corrected chi connectivity index (χ1v) is 16.7. The van der Waals surface area contributed by atoms with Crippen molar-refractivity contribution in [1.29, 1.82) is 0 Å². The molecule has 246 valence electrons. The molecule has 5 aromatic rings. The molecule has 48 heavy (non-hydrogen) atoms. The molecule has 1 saturated carbocycles. The second-order valence-electron chi connectivity index (χ2n) is 12.5. The number of benzene rings is 5. The van der Waals surface area contributed by atoms with Crippen LogP contribution in [0.2, 0.25) is 0 Å². The van der Waals surface area contributed by atoms with Crippen molar-refractivity contribution in [3.63, 3.8) is 0 Å². The summed E-state index contributed by atoms with van der Waals surface area (Å²) in [5.41, 5.74) is 4.93. The fourth-order valence-corrected chi connectivity index (χ4v) is 6.36. The average Bonchev–Trinajstić information content (AvgIpc) is 3.91. The van der Waals surface area contributed by atoms with Crippen LogP contribution in [0.25, 0.3) is 0 Å². The Labute approximate surface area is 283 Å². The van der Waals surface area contributed by atoms with E-state index in [-0.39, 0.29) is 6.10 Å². The van der Waals surface area contributed by atoms with Crippen LogP contribution in [0.3, 0.4) is 0 Å². The van der Waals surface area contributed by atoms with Crippen LogP contribution in [0.15, 0.2) is 140 Å². The number of para-hydroxylation sites is 1. The van der Waals surface area contributed by atoms with Crippen molar-refractivity contribution < 1.29 is 28.4 Å². The zero-order valence-electron chi connectivity index (χ0n) is 27.3.